The van der Waals surface area contributed by atoms with Crippen LogP contribution in [0, 0.1) is 6.92 Å². The maximum atomic E-state index is 5.76. The quantitative estimate of drug-likeness (QED) is 0.680. The Kier molecular flexibility index (Phi) is 9.31. The molecule has 0 bridgehead atoms. The van der Waals surface area contributed by atoms with Gasteiger partial charge in [-0.05, 0) is 38.8 Å². The van der Waals surface area contributed by atoms with Gasteiger partial charge in [-0.1, -0.05) is 55.8 Å². The van der Waals surface area contributed by atoms with E-state index in [9.17, 15) is 0 Å². The van der Waals surface area contributed by atoms with E-state index in [-0.39, 0.29) is 12.0 Å². The summed E-state index contributed by atoms with van der Waals surface area (Å²) in [6, 6.07) is 16.0. The first kappa shape index (κ1) is 22.6. The van der Waals surface area contributed by atoms with Gasteiger partial charge in [-0.15, -0.1) is 10.2 Å². The van der Waals surface area contributed by atoms with E-state index in [1.807, 2.05) is 63.4 Å². The van der Waals surface area contributed by atoms with Crippen molar-refractivity contribution >= 4 is 5.82 Å². The molecule has 3 heterocycles. The Balaban J connectivity index is 0.000000280. The minimum atomic E-state index is -0.216. The first-order valence-corrected chi connectivity index (χ1v) is 10.4. The molecule has 1 aliphatic heterocycles. The van der Waals surface area contributed by atoms with Crippen LogP contribution in [0.4, 0.5) is 5.82 Å². The molecule has 0 saturated carbocycles. The fourth-order valence-corrected chi connectivity index (χ4v) is 3.06. The number of aromatic nitrogens is 3. The highest BCUT2D eigenvalue weighted by molar-refractivity contribution is 5.38. The number of benzene rings is 1. The molecule has 1 aliphatic rings. The molecular formula is C23H33N5O. The van der Waals surface area contributed by atoms with Gasteiger partial charge in [-0.3, -0.25) is 0 Å². The normalized spacial score (nSPS) is 16.7. The number of hydrogen-bond donors (Lipinski definition) is 1. The number of aryl methyl sites for hydroxylation is 1. The average Bonchev–Trinajstić information content (AvgIpc) is 3.28. The van der Waals surface area contributed by atoms with Crippen LogP contribution >= 0.6 is 0 Å². The van der Waals surface area contributed by atoms with Gasteiger partial charge < -0.3 is 15.1 Å². The lowest BCUT2D eigenvalue weighted by atomic mass is 9.98. The summed E-state index contributed by atoms with van der Waals surface area (Å²) in [6.45, 7) is 9.80. The van der Waals surface area contributed by atoms with Crippen LogP contribution in [0.1, 0.15) is 62.9 Å². The van der Waals surface area contributed by atoms with Crippen molar-refractivity contribution in [3.8, 4) is 0 Å². The number of rotatable bonds is 3. The highest BCUT2D eigenvalue weighted by Crippen LogP contribution is 2.28. The van der Waals surface area contributed by atoms with Gasteiger partial charge in [0.2, 0.25) is 11.8 Å². The van der Waals surface area contributed by atoms with E-state index in [0.29, 0.717) is 11.8 Å². The van der Waals surface area contributed by atoms with Crippen LogP contribution in [0.3, 0.4) is 0 Å². The van der Waals surface area contributed by atoms with Gasteiger partial charge in [0.25, 0.3) is 0 Å². The third-order valence-electron chi connectivity index (χ3n) is 4.53. The minimum absolute atomic E-state index is 0.216. The predicted molar refractivity (Wildman–Crippen MR) is 118 cm³/mol. The molecule has 0 radical (unpaired) electrons. The number of piperidine rings is 1. The van der Waals surface area contributed by atoms with Crippen molar-refractivity contribution in [2.24, 2.45) is 5.73 Å². The number of anilines is 1. The first-order chi connectivity index (χ1) is 14.1. The second kappa shape index (κ2) is 12.0. The lowest BCUT2D eigenvalue weighted by Gasteiger charge is -2.31. The van der Waals surface area contributed by atoms with Crippen LogP contribution in [-0.2, 0) is 0 Å². The SMILES string of the molecule is CC.CC(N)c1nnc(C2CCCN(c3ccccn3)C2)o1.Cc1ccccc1. The van der Waals surface area contributed by atoms with E-state index in [0.717, 1.165) is 31.7 Å². The molecule has 29 heavy (non-hydrogen) atoms. The Morgan fingerprint density at radius 2 is 1.79 bits per heavy atom. The van der Waals surface area contributed by atoms with Gasteiger partial charge in [-0.2, -0.15) is 0 Å². The standard InChI is InChI=1S/C14H19N5O.C7H8.C2H6/c1-10(15)13-17-18-14(20-13)11-5-4-8-19(9-11)12-6-2-3-7-16-12;1-7-5-3-2-4-6-7;1-2/h2-3,6-7,10-11H,4-5,8-9,15H2,1H3;2-6H,1H3;1-2H3. The van der Waals surface area contributed by atoms with Crippen molar-refractivity contribution in [3.05, 3.63) is 72.1 Å². The number of nitrogens with two attached hydrogens (primary N) is 1. The van der Waals surface area contributed by atoms with Crippen LogP contribution in [0.5, 0.6) is 0 Å². The Morgan fingerprint density at radius 3 is 2.34 bits per heavy atom. The molecular weight excluding hydrogens is 362 g/mol. The highest BCUT2D eigenvalue weighted by Gasteiger charge is 2.26. The molecule has 2 aromatic heterocycles. The average molecular weight is 396 g/mol. The van der Waals surface area contributed by atoms with Gasteiger partial charge in [0, 0.05) is 19.3 Å². The predicted octanol–water partition coefficient (Wildman–Crippen LogP) is 4.89. The van der Waals surface area contributed by atoms with Gasteiger partial charge in [0.05, 0.1) is 12.0 Å². The topological polar surface area (TPSA) is 81.1 Å². The number of hydrogen-bond acceptors (Lipinski definition) is 6. The van der Waals surface area contributed by atoms with Gasteiger partial charge >= 0.3 is 0 Å². The monoisotopic (exact) mass is 395 g/mol. The van der Waals surface area contributed by atoms with Crippen molar-refractivity contribution in [3.63, 3.8) is 0 Å². The van der Waals surface area contributed by atoms with Crippen molar-refractivity contribution in [1.82, 2.24) is 15.2 Å². The Bertz CT molecular complexity index is 804. The van der Waals surface area contributed by atoms with Crippen molar-refractivity contribution < 1.29 is 4.42 Å². The third-order valence-corrected chi connectivity index (χ3v) is 4.53. The minimum Gasteiger partial charge on any atom is -0.423 e. The van der Waals surface area contributed by atoms with E-state index in [2.05, 4.69) is 39.1 Å². The van der Waals surface area contributed by atoms with E-state index in [4.69, 9.17) is 10.2 Å². The molecule has 1 saturated heterocycles. The van der Waals surface area contributed by atoms with Crippen molar-refractivity contribution in [2.75, 3.05) is 18.0 Å². The summed E-state index contributed by atoms with van der Waals surface area (Å²) in [4.78, 5) is 6.67. The molecule has 6 nitrogen and oxygen atoms in total. The zero-order valence-corrected chi connectivity index (χ0v) is 18.0. The lowest BCUT2D eigenvalue weighted by molar-refractivity contribution is 0.370. The molecule has 156 valence electrons. The van der Waals surface area contributed by atoms with Gasteiger partial charge in [0.15, 0.2) is 0 Å². The summed E-state index contributed by atoms with van der Waals surface area (Å²) >= 11 is 0. The molecule has 1 aromatic carbocycles. The van der Waals surface area contributed by atoms with Crippen LogP contribution < -0.4 is 10.6 Å². The molecule has 1 fully saturated rings. The van der Waals surface area contributed by atoms with Crippen LogP contribution in [0.2, 0.25) is 0 Å². The van der Waals surface area contributed by atoms with Gasteiger partial charge in [0.1, 0.15) is 5.82 Å². The molecule has 2 unspecified atom stereocenters. The summed E-state index contributed by atoms with van der Waals surface area (Å²) in [5.41, 5.74) is 7.08. The summed E-state index contributed by atoms with van der Waals surface area (Å²) in [6.07, 6.45) is 3.97. The largest absolute Gasteiger partial charge is 0.423 e. The maximum Gasteiger partial charge on any atom is 0.232 e. The number of nitrogens with zero attached hydrogens (tertiary/aromatic N) is 4. The molecule has 6 heteroatoms. The van der Waals surface area contributed by atoms with Crippen LogP contribution in [-0.4, -0.2) is 28.3 Å². The Morgan fingerprint density at radius 1 is 1.07 bits per heavy atom. The van der Waals surface area contributed by atoms with E-state index in [1.54, 1.807) is 0 Å². The Hall–Kier alpha value is -2.73. The van der Waals surface area contributed by atoms with E-state index >= 15 is 0 Å². The molecule has 4 rings (SSSR count). The molecule has 0 aliphatic carbocycles. The summed E-state index contributed by atoms with van der Waals surface area (Å²) in [5.74, 6) is 2.46. The summed E-state index contributed by atoms with van der Waals surface area (Å²) in [5, 5.41) is 8.16. The van der Waals surface area contributed by atoms with Crippen molar-refractivity contribution in [2.45, 2.75) is 52.5 Å². The van der Waals surface area contributed by atoms with Crippen molar-refractivity contribution in [1.29, 1.82) is 0 Å². The molecule has 2 atom stereocenters. The summed E-state index contributed by atoms with van der Waals surface area (Å²) < 4.78 is 5.67. The van der Waals surface area contributed by atoms with E-state index < -0.39 is 0 Å². The number of pyridine rings is 1. The second-order valence-corrected chi connectivity index (χ2v) is 6.90. The van der Waals surface area contributed by atoms with Crippen LogP contribution in [0.25, 0.3) is 0 Å². The lowest BCUT2D eigenvalue weighted by Crippen LogP contribution is -2.35. The Labute approximate surface area is 174 Å². The molecule has 0 spiro atoms. The third kappa shape index (κ3) is 6.98. The smallest absolute Gasteiger partial charge is 0.232 e. The molecule has 0 amide bonds. The van der Waals surface area contributed by atoms with Crippen LogP contribution in [0.15, 0.2) is 59.1 Å². The van der Waals surface area contributed by atoms with E-state index in [1.165, 1.54) is 5.56 Å². The highest BCUT2D eigenvalue weighted by atomic mass is 16.4. The maximum absolute atomic E-state index is 5.76. The molecule has 2 N–H and O–H groups in total. The zero-order chi connectivity index (χ0) is 21.1. The fourth-order valence-electron chi connectivity index (χ4n) is 3.06. The molecule has 3 aromatic rings. The summed E-state index contributed by atoms with van der Waals surface area (Å²) in [7, 11) is 0. The second-order valence-electron chi connectivity index (χ2n) is 6.90. The van der Waals surface area contributed by atoms with Gasteiger partial charge in [-0.25, -0.2) is 4.98 Å². The fraction of sp³-hybridized carbons (Fsp3) is 0.435. The zero-order valence-electron chi connectivity index (χ0n) is 18.0. The first-order valence-electron chi connectivity index (χ1n) is 10.4.